The van der Waals surface area contributed by atoms with Gasteiger partial charge >= 0.3 is 0 Å². The maximum Gasteiger partial charge on any atom is 0.130 e. The van der Waals surface area contributed by atoms with Crippen LogP contribution in [0.5, 0.6) is 23.0 Å². The Hall–Kier alpha value is -3.92. The zero-order valence-electron chi connectivity index (χ0n) is 22.6. The lowest BCUT2D eigenvalue weighted by atomic mass is 9.59. The van der Waals surface area contributed by atoms with E-state index < -0.39 is 0 Å². The number of nitrogen functional groups attached to an aromatic ring is 2. The zero-order chi connectivity index (χ0) is 26.7. The molecule has 0 spiro atoms. The Bertz CT molecular complexity index is 1340. The number of nitrogens with two attached hydrogens (primary N) is 2. The molecule has 4 N–H and O–H groups in total. The highest BCUT2D eigenvalue weighted by atomic mass is 16.5. The molecule has 0 bridgehead atoms. The summed E-state index contributed by atoms with van der Waals surface area (Å²) < 4.78 is 12.5. The van der Waals surface area contributed by atoms with Gasteiger partial charge in [-0.15, -0.1) is 0 Å². The van der Waals surface area contributed by atoms with Crippen LogP contribution in [-0.4, -0.2) is 0 Å². The first-order valence-corrected chi connectivity index (χ1v) is 13.6. The van der Waals surface area contributed by atoms with E-state index in [1.165, 1.54) is 24.0 Å². The molecule has 196 valence electrons. The Balaban J connectivity index is 1.41. The van der Waals surface area contributed by atoms with Crippen LogP contribution in [0, 0.1) is 11.8 Å². The van der Waals surface area contributed by atoms with Gasteiger partial charge in [0, 0.05) is 11.4 Å². The van der Waals surface area contributed by atoms with Gasteiger partial charge in [-0.3, -0.25) is 0 Å². The van der Waals surface area contributed by atoms with Gasteiger partial charge in [0.15, 0.2) is 0 Å². The number of para-hydroxylation sites is 1. The van der Waals surface area contributed by atoms with Gasteiger partial charge in [0.25, 0.3) is 0 Å². The van der Waals surface area contributed by atoms with Gasteiger partial charge in [0.05, 0.1) is 0 Å². The third-order valence-electron chi connectivity index (χ3n) is 8.18. The lowest BCUT2D eigenvalue weighted by Gasteiger charge is -2.45. The average molecular weight is 507 g/mol. The van der Waals surface area contributed by atoms with Gasteiger partial charge in [-0.05, 0) is 114 Å². The molecule has 0 aliphatic heterocycles. The molecular formula is C34H38N2O2. The smallest absolute Gasteiger partial charge is 0.130 e. The van der Waals surface area contributed by atoms with E-state index in [-0.39, 0.29) is 5.41 Å². The summed E-state index contributed by atoms with van der Waals surface area (Å²) in [6.45, 7) is 7.16. The quantitative estimate of drug-likeness (QED) is 0.245. The van der Waals surface area contributed by atoms with Crippen LogP contribution in [0.4, 0.5) is 11.4 Å². The molecule has 0 radical (unpaired) electrons. The molecule has 0 aromatic heterocycles. The first kappa shape index (κ1) is 25.7. The number of hydrogen-bond donors (Lipinski definition) is 2. The lowest BCUT2D eigenvalue weighted by Crippen LogP contribution is -2.37. The minimum absolute atomic E-state index is 0.0289. The lowest BCUT2D eigenvalue weighted by molar-refractivity contribution is 0.167. The molecule has 1 fully saturated rings. The second-order valence-electron chi connectivity index (χ2n) is 11.3. The number of ether oxygens (including phenoxy) is 2. The van der Waals surface area contributed by atoms with E-state index in [9.17, 15) is 0 Å². The fraction of sp³-hybridized carbons (Fsp3) is 0.294. The molecule has 4 aromatic carbocycles. The van der Waals surface area contributed by atoms with Crippen LogP contribution in [0.15, 0.2) is 97.1 Å². The van der Waals surface area contributed by atoms with E-state index >= 15 is 0 Å². The van der Waals surface area contributed by atoms with Crippen molar-refractivity contribution in [3.05, 3.63) is 108 Å². The van der Waals surface area contributed by atoms with E-state index in [0.717, 1.165) is 40.8 Å². The van der Waals surface area contributed by atoms with Crippen LogP contribution < -0.4 is 20.9 Å². The Morgan fingerprint density at radius 1 is 0.658 bits per heavy atom. The Labute approximate surface area is 226 Å². The summed E-state index contributed by atoms with van der Waals surface area (Å²) in [5.74, 6) is 4.89. The summed E-state index contributed by atoms with van der Waals surface area (Å²) in [4.78, 5) is 0. The molecule has 1 aliphatic rings. The van der Waals surface area contributed by atoms with Gasteiger partial charge in [0.1, 0.15) is 23.0 Å². The summed E-state index contributed by atoms with van der Waals surface area (Å²) in [6.07, 6.45) is 3.57. The highest BCUT2D eigenvalue weighted by Crippen LogP contribution is 2.52. The van der Waals surface area contributed by atoms with Crippen molar-refractivity contribution in [3.63, 3.8) is 0 Å². The Kier molecular flexibility index (Phi) is 7.33. The Morgan fingerprint density at radius 2 is 1.18 bits per heavy atom. The number of rotatable bonds is 7. The fourth-order valence-corrected chi connectivity index (χ4v) is 5.97. The van der Waals surface area contributed by atoms with Crippen LogP contribution in [0.2, 0.25) is 0 Å². The number of benzene rings is 4. The van der Waals surface area contributed by atoms with Crippen LogP contribution in [0.1, 0.15) is 57.1 Å². The SMILES string of the molecule is CC1CCC(C(C)(C)c2ccc(Oc3ccc(N)cc3)cc2)C(c2ccccc2Oc2ccc(N)cc2)C1. The van der Waals surface area contributed by atoms with E-state index in [1.54, 1.807) is 0 Å². The molecule has 4 aromatic rings. The van der Waals surface area contributed by atoms with E-state index in [0.29, 0.717) is 17.8 Å². The largest absolute Gasteiger partial charge is 0.457 e. The van der Waals surface area contributed by atoms with Crippen molar-refractivity contribution < 1.29 is 9.47 Å². The molecular weight excluding hydrogens is 468 g/mol. The topological polar surface area (TPSA) is 70.5 Å². The van der Waals surface area contributed by atoms with Crippen molar-refractivity contribution in [1.29, 1.82) is 0 Å². The normalized spacial score (nSPS) is 19.6. The van der Waals surface area contributed by atoms with Gasteiger partial charge in [0.2, 0.25) is 0 Å². The minimum atomic E-state index is -0.0289. The predicted octanol–water partition coefficient (Wildman–Crippen LogP) is 8.93. The monoisotopic (exact) mass is 506 g/mol. The first-order chi connectivity index (χ1) is 18.3. The van der Waals surface area contributed by atoms with Crippen molar-refractivity contribution in [2.45, 2.75) is 51.4 Å². The van der Waals surface area contributed by atoms with E-state index in [1.807, 2.05) is 48.5 Å². The first-order valence-electron chi connectivity index (χ1n) is 13.6. The zero-order valence-corrected chi connectivity index (χ0v) is 22.6. The molecule has 4 heteroatoms. The second kappa shape index (κ2) is 10.8. The van der Waals surface area contributed by atoms with Crippen molar-refractivity contribution in [1.82, 2.24) is 0 Å². The molecule has 5 rings (SSSR count). The van der Waals surface area contributed by atoms with Gasteiger partial charge in [-0.1, -0.05) is 57.5 Å². The van der Waals surface area contributed by atoms with Crippen LogP contribution in [0.25, 0.3) is 0 Å². The molecule has 4 nitrogen and oxygen atoms in total. The summed E-state index contributed by atoms with van der Waals surface area (Å²) in [6, 6.07) is 32.3. The van der Waals surface area contributed by atoms with Crippen molar-refractivity contribution in [3.8, 4) is 23.0 Å². The third kappa shape index (κ3) is 5.65. The average Bonchev–Trinajstić information content (AvgIpc) is 2.92. The van der Waals surface area contributed by atoms with Crippen LogP contribution in [-0.2, 0) is 5.41 Å². The Morgan fingerprint density at radius 3 is 1.79 bits per heavy atom. The predicted molar refractivity (Wildman–Crippen MR) is 157 cm³/mol. The minimum Gasteiger partial charge on any atom is -0.457 e. The van der Waals surface area contributed by atoms with Gasteiger partial charge in [-0.2, -0.15) is 0 Å². The van der Waals surface area contributed by atoms with Crippen molar-refractivity contribution in [2.75, 3.05) is 11.5 Å². The summed E-state index contributed by atoms with van der Waals surface area (Å²) in [5, 5.41) is 0. The molecule has 0 saturated heterocycles. The van der Waals surface area contributed by atoms with Crippen molar-refractivity contribution in [2.24, 2.45) is 11.8 Å². The second-order valence-corrected chi connectivity index (χ2v) is 11.3. The molecule has 1 aliphatic carbocycles. The van der Waals surface area contributed by atoms with Gasteiger partial charge < -0.3 is 20.9 Å². The highest BCUT2D eigenvalue weighted by Gasteiger charge is 2.41. The number of anilines is 2. The molecule has 38 heavy (non-hydrogen) atoms. The van der Waals surface area contributed by atoms with E-state index in [2.05, 4.69) is 69.3 Å². The third-order valence-corrected chi connectivity index (χ3v) is 8.18. The highest BCUT2D eigenvalue weighted by molar-refractivity contribution is 5.46. The van der Waals surface area contributed by atoms with Gasteiger partial charge in [-0.25, -0.2) is 0 Å². The van der Waals surface area contributed by atoms with Crippen molar-refractivity contribution >= 4 is 11.4 Å². The molecule has 1 saturated carbocycles. The van der Waals surface area contributed by atoms with E-state index in [4.69, 9.17) is 20.9 Å². The summed E-state index contributed by atoms with van der Waals surface area (Å²) in [7, 11) is 0. The maximum atomic E-state index is 6.42. The summed E-state index contributed by atoms with van der Waals surface area (Å²) in [5.41, 5.74) is 15.7. The standard InChI is InChI=1S/C34H38N2O2/c1-23-8-21-32(31(22-23)30-6-4-5-7-33(30)38-29-19-13-26(36)14-20-29)34(2,3)24-9-15-27(16-10-24)37-28-17-11-25(35)12-18-28/h4-7,9-20,23,31-32H,8,21-22,35-36H2,1-3H3. The molecule has 0 amide bonds. The van der Waals surface area contributed by atoms with Crippen LogP contribution in [0.3, 0.4) is 0 Å². The fourth-order valence-electron chi connectivity index (χ4n) is 5.97. The molecule has 0 heterocycles. The summed E-state index contributed by atoms with van der Waals surface area (Å²) >= 11 is 0. The molecule has 3 atom stereocenters. The van der Waals surface area contributed by atoms with Crippen LogP contribution >= 0.6 is 0 Å². The maximum absolute atomic E-state index is 6.42. The number of hydrogen-bond acceptors (Lipinski definition) is 4. The molecule has 3 unspecified atom stereocenters.